The van der Waals surface area contributed by atoms with E-state index in [0.717, 1.165) is 24.7 Å². The lowest BCUT2D eigenvalue weighted by atomic mass is 9.85. The summed E-state index contributed by atoms with van der Waals surface area (Å²) in [5.74, 6) is 0.703. The molecule has 2 aliphatic heterocycles. The predicted molar refractivity (Wildman–Crippen MR) is 96.4 cm³/mol. The number of carbonyl (C=O) groups is 1. The zero-order chi connectivity index (χ0) is 17.0. The zero-order valence-electron chi connectivity index (χ0n) is 15.5. The molecule has 2 rings (SSSR count). The van der Waals surface area contributed by atoms with Crippen molar-refractivity contribution in [3.8, 4) is 0 Å². The minimum atomic E-state index is -0.470. The van der Waals surface area contributed by atoms with Crippen molar-refractivity contribution in [3.63, 3.8) is 0 Å². The molecule has 0 aromatic carbocycles. The van der Waals surface area contributed by atoms with Crippen LogP contribution >= 0.6 is 0 Å². The maximum atomic E-state index is 12.4. The van der Waals surface area contributed by atoms with Crippen molar-refractivity contribution < 1.29 is 4.79 Å². The van der Waals surface area contributed by atoms with E-state index in [1.807, 2.05) is 20.8 Å². The Morgan fingerprint density at radius 3 is 2.48 bits per heavy atom. The van der Waals surface area contributed by atoms with Crippen molar-refractivity contribution >= 4 is 5.91 Å². The molecule has 132 valence electrons. The number of likely N-dealkylation sites (tertiary alicyclic amines) is 2. The molecule has 0 unspecified atom stereocenters. The molecular formula is C19H35N3O. The van der Waals surface area contributed by atoms with Gasteiger partial charge in [0.15, 0.2) is 0 Å². The lowest BCUT2D eigenvalue weighted by Gasteiger charge is -2.42. The largest absolute Gasteiger partial charge is 0.355 e. The number of carbonyl (C=O) groups excluding carboxylic acids is 1. The average Bonchev–Trinajstić information content (AvgIpc) is 2.53. The standard InChI is InChI=1S/C19H35N3O/c1-15(2)19(3,4)18(23)20-13-16-7-6-10-22(14-16)17-8-11-21(5)12-9-17/h16-17H,1,6-14H2,2-5H3,(H,20,23)/t16-/m1/s1. The van der Waals surface area contributed by atoms with Gasteiger partial charge in [0, 0.05) is 19.1 Å². The van der Waals surface area contributed by atoms with Crippen LogP contribution < -0.4 is 5.32 Å². The minimum Gasteiger partial charge on any atom is -0.355 e. The monoisotopic (exact) mass is 321 g/mol. The van der Waals surface area contributed by atoms with Crippen molar-refractivity contribution in [2.45, 2.75) is 52.5 Å². The summed E-state index contributed by atoms with van der Waals surface area (Å²) < 4.78 is 0. The van der Waals surface area contributed by atoms with Crippen LogP contribution in [0, 0.1) is 11.3 Å². The summed E-state index contributed by atoms with van der Waals surface area (Å²) in [5, 5.41) is 3.17. The fourth-order valence-electron chi connectivity index (χ4n) is 3.61. The molecule has 1 N–H and O–H groups in total. The Kier molecular flexibility index (Phi) is 6.26. The van der Waals surface area contributed by atoms with Gasteiger partial charge in [-0.3, -0.25) is 9.69 Å². The van der Waals surface area contributed by atoms with E-state index in [9.17, 15) is 4.79 Å². The molecule has 2 saturated heterocycles. The second kappa shape index (κ2) is 7.80. The summed E-state index contributed by atoms with van der Waals surface area (Å²) in [7, 11) is 2.22. The number of hydrogen-bond acceptors (Lipinski definition) is 3. The maximum Gasteiger partial charge on any atom is 0.229 e. The SMILES string of the molecule is C=C(C)C(C)(C)C(=O)NC[C@H]1CCCN(C2CCN(C)CC2)C1. The number of nitrogens with one attached hydrogen (secondary N) is 1. The fraction of sp³-hybridized carbons (Fsp3) is 0.842. The van der Waals surface area contributed by atoms with Crippen LogP contribution in [0.1, 0.15) is 46.5 Å². The van der Waals surface area contributed by atoms with Gasteiger partial charge < -0.3 is 10.2 Å². The quantitative estimate of drug-likeness (QED) is 0.790. The predicted octanol–water partition coefficient (Wildman–Crippen LogP) is 2.51. The molecule has 0 radical (unpaired) electrons. The van der Waals surface area contributed by atoms with Gasteiger partial charge in [0.05, 0.1) is 5.41 Å². The van der Waals surface area contributed by atoms with Crippen LogP contribution in [0.2, 0.25) is 0 Å². The summed E-state index contributed by atoms with van der Waals surface area (Å²) in [6, 6.07) is 0.747. The first-order valence-corrected chi connectivity index (χ1v) is 9.17. The molecule has 23 heavy (non-hydrogen) atoms. The molecule has 4 nitrogen and oxygen atoms in total. The third-order valence-electron chi connectivity index (χ3n) is 5.94. The van der Waals surface area contributed by atoms with E-state index in [2.05, 4.69) is 28.7 Å². The van der Waals surface area contributed by atoms with E-state index in [1.165, 1.54) is 45.3 Å². The number of rotatable bonds is 5. The van der Waals surface area contributed by atoms with Crippen LogP contribution in [0.4, 0.5) is 0 Å². The maximum absolute atomic E-state index is 12.4. The molecule has 2 fully saturated rings. The normalized spacial score (nSPS) is 25.3. The molecule has 0 aliphatic carbocycles. The van der Waals surface area contributed by atoms with Crippen molar-refractivity contribution in [3.05, 3.63) is 12.2 Å². The van der Waals surface area contributed by atoms with Gasteiger partial charge in [-0.05, 0) is 79.1 Å². The first-order valence-electron chi connectivity index (χ1n) is 9.17. The van der Waals surface area contributed by atoms with Crippen molar-refractivity contribution in [2.24, 2.45) is 11.3 Å². The highest BCUT2D eigenvalue weighted by Crippen LogP contribution is 2.26. The van der Waals surface area contributed by atoms with E-state index in [4.69, 9.17) is 0 Å². The highest BCUT2D eigenvalue weighted by molar-refractivity contribution is 5.84. The van der Waals surface area contributed by atoms with E-state index < -0.39 is 5.41 Å². The second-order valence-corrected chi connectivity index (χ2v) is 8.15. The van der Waals surface area contributed by atoms with Crippen molar-refractivity contribution in [1.29, 1.82) is 0 Å². The lowest BCUT2D eigenvalue weighted by molar-refractivity contribution is -0.127. The van der Waals surface area contributed by atoms with Crippen LogP contribution in [0.3, 0.4) is 0 Å². The van der Waals surface area contributed by atoms with Gasteiger partial charge in [-0.25, -0.2) is 0 Å². The smallest absolute Gasteiger partial charge is 0.229 e. The van der Waals surface area contributed by atoms with Crippen LogP contribution in [0.15, 0.2) is 12.2 Å². The Balaban J connectivity index is 1.80. The molecule has 0 aromatic rings. The van der Waals surface area contributed by atoms with Gasteiger partial charge in [0.1, 0.15) is 0 Å². The first-order chi connectivity index (χ1) is 10.8. The molecular weight excluding hydrogens is 286 g/mol. The minimum absolute atomic E-state index is 0.112. The second-order valence-electron chi connectivity index (χ2n) is 8.15. The van der Waals surface area contributed by atoms with Gasteiger partial charge in [0.2, 0.25) is 5.91 Å². The summed E-state index contributed by atoms with van der Waals surface area (Å²) in [5.41, 5.74) is 0.453. The summed E-state index contributed by atoms with van der Waals surface area (Å²) in [6.07, 6.45) is 5.07. The molecule has 2 heterocycles. The number of hydrogen-bond donors (Lipinski definition) is 1. The summed E-state index contributed by atoms with van der Waals surface area (Å²) in [4.78, 5) is 17.5. The zero-order valence-corrected chi connectivity index (χ0v) is 15.5. The Hall–Kier alpha value is -0.870. The highest BCUT2D eigenvalue weighted by Gasteiger charge is 2.31. The van der Waals surface area contributed by atoms with E-state index >= 15 is 0 Å². The Morgan fingerprint density at radius 1 is 1.22 bits per heavy atom. The number of piperidine rings is 2. The average molecular weight is 322 g/mol. The van der Waals surface area contributed by atoms with Crippen molar-refractivity contribution in [2.75, 3.05) is 39.8 Å². The van der Waals surface area contributed by atoms with Crippen molar-refractivity contribution in [1.82, 2.24) is 15.1 Å². The molecule has 4 heteroatoms. The van der Waals surface area contributed by atoms with Gasteiger partial charge in [-0.1, -0.05) is 12.2 Å². The van der Waals surface area contributed by atoms with Gasteiger partial charge in [-0.15, -0.1) is 0 Å². The van der Waals surface area contributed by atoms with Gasteiger partial charge >= 0.3 is 0 Å². The van der Waals surface area contributed by atoms with E-state index in [-0.39, 0.29) is 5.91 Å². The number of nitrogens with zero attached hydrogens (tertiary/aromatic N) is 2. The van der Waals surface area contributed by atoms with Crippen LogP contribution in [-0.4, -0.2) is 61.5 Å². The highest BCUT2D eigenvalue weighted by atomic mass is 16.2. The third-order valence-corrected chi connectivity index (χ3v) is 5.94. The van der Waals surface area contributed by atoms with Crippen LogP contribution in [0.25, 0.3) is 0 Å². The fourth-order valence-corrected chi connectivity index (χ4v) is 3.61. The molecule has 0 spiro atoms. The molecule has 2 aliphatic rings. The van der Waals surface area contributed by atoms with E-state index in [0.29, 0.717) is 5.92 Å². The molecule has 0 aromatic heterocycles. The lowest BCUT2D eigenvalue weighted by Crippen LogP contribution is -2.50. The Morgan fingerprint density at radius 2 is 1.87 bits per heavy atom. The Labute approximate surface area is 142 Å². The van der Waals surface area contributed by atoms with E-state index in [1.54, 1.807) is 0 Å². The number of amides is 1. The third kappa shape index (κ3) is 4.80. The molecule has 0 saturated carbocycles. The Bertz CT molecular complexity index is 424. The molecule has 0 bridgehead atoms. The summed E-state index contributed by atoms with van der Waals surface area (Å²) >= 11 is 0. The van der Waals surface area contributed by atoms with Crippen LogP contribution in [0.5, 0.6) is 0 Å². The van der Waals surface area contributed by atoms with Gasteiger partial charge in [0.25, 0.3) is 0 Å². The van der Waals surface area contributed by atoms with Crippen LogP contribution in [-0.2, 0) is 4.79 Å². The topological polar surface area (TPSA) is 35.6 Å². The summed E-state index contributed by atoms with van der Waals surface area (Å²) in [6.45, 7) is 15.4. The molecule has 1 atom stereocenters. The molecule has 1 amide bonds. The van der Waals surface area contributed by atoms with Gasteiger partial charge in [-0.2, -0.15) is 0 Å². The first kappa shape index (κ1) is 18.5.